The van der Waals surface area contributed by atoms with Crippen LogP contribution in [-0.2, 0) is 17.5 Å². The van der Waals surface area contributed by atoms with Crippen molar-refractivity contribution in [3.8, 4) is 11.5 Å². The Bertz CT molecular complexity index is 1320. The number of benzene rings is 5. The molecule has 0 atom stereocenters. The van der Waals surface area contributed by atoms with Gasteiger partial charge in [0.1, 0.15) is 18.1 Å². The molecule has 2 nitrogen and oxygen atoms in total. The average Bonchev–Trinajstić information content (AvgIpc) is 3.46. The maximum Gasteiger partial charge on any atom is 0.124 e. The molecule has 5 aromatic rings. The Hall–Kier alpha value is -3.14. The van der Waals surface area contributed by atoms with Crippen LogP contribution in [0.5, 0.6) is 11.5 Å². The van der Waals surface area contributed by atoms with E-state index < -0.39 is 7.92 Å². The lowest BCUT2D eigenvalue weighted by Crippen LogP contribution is -2.20. The van der Waals surface area contributed by atoms with Gasteiger partial charge in [-0.3, -0.25) is 0 Å². The van der Waals surface area contributed by atoms with Crippen LogP contribution in [0.2, 0.25) is 0 Å². The largest absolute Gasteiger partial charge is 0.493 e. The van der Waals surface area contributed by atoms with Crippen molar-refractivity contribution < 1.29 is 9.47 Å². The van der Waals surface area contributed by atoms with Crippen molar-refractivity contribution in [2.24, 2.45) is 0 Å². The van der Waals surface area contributed by atoms with Gasteiger partial charge in [0.25, 0.3) is 0 Å². The van der Waals surface area contributed by atoms with E-state index in [1.165, 1.54) is 32.6 Å². The lowest BCUT2D eigenvalue weighted by Gasteiger charge is -2.18. The molecule has 0 bridgehead atoms. The molecule has 1 aliphatic rings. The van der Waals surface area contributed by atoms with Crippen LogP contribution in [0.1, 0.15) is 16.7 Å². The van der Waals surface area contributed by atoms with Gasteiger partial charge < -0.3 is 9.47 Å². The van der Waals surface area contributed by atoms with Crippen LogP contribution in [0.15, 0.2) is 133 Å². The van der Waals surface area contributed by atoms with Crippen LogP contribution in [0.3, 0.4) is 0 Å². The number of ether oxygens (including phenoxy) is 2. The Morgan fingerprint density at radius 2 is 1.16 bits per heavy atom. The van der Waals surface area contributed by atoms with Crippen molar-refractivity contribution in [2.75, 3.05) is 6.61 Å². The second kappa shape index (κ2) is 13.6. The molecule has 0 radical (unpaired) electrons. The van der Waals surface area contributed by atoms with Crippen LogP contribution in [-0.4, -0.2) is 6.61 Å². The molecule has 0 N–H and O–H groups in total. The molecule has 0 unspecified atom stereocenters. The number of halogens is 1. The highest BCUT2D eigenvalue weighted by molar-refractivity contribution is 14.1. The quantitative estimate of drug-likeness (QED) is 0.105. The lowest BCUT2D eigenvalue weighted by atomic mass is 10.1. The number of rotatable bonds is 7. The molecule has 1 heterocycles. The summed E-state index contributed by atoms with van der Waals surface area (Å²) >= 11 is 2.36. The van der Waals surface area contributed by atoms with Crippen molar-refractivity contribution in [1.82, 2.24) is 0 Å². The molecule has 5 aromatic carbocycles. The summed E-state index contributed by atoms with van der Waals surface area (Å²) in [5.41, 5.74) is 3.66. The highest BCUT2D eigenvalue weighted by Crippen LogP contribution is 2.34. The molecular weight excluding hydrogens is 598 g/mol. The van der Waals surface area contributed by atoms with Gasteiger partial charge in [0.05, 0.1) is 6.61 Å². The fourth-order valence-corrected chi connectivity index (χ4v) is 7.30. The van der Waals surface area contributed by atoms with Crippen molar-refractivity contribution in [2.45, 2.75) is 17.5 Å². The molecule has 0 fully saturated rings. The van der Waals surface area contributed by atoms with Gasteiger partial charge in [-0.15, -0.1) is 0 Å². The maximum atomic E-state index is 5.98. The van der Waals surface area contributed by atoms with Crippen molar-refractivity contribution in [3.05, 3.63) is 150 Å². The first-order valence-electron chi connectivity index (χ1n) is 12.8. The van der Waals surface area contributed by atoms with Crippen molar-refractivity contribution in [1.29, 1.82) is 0 Å². The van der Waals surface area contributed by atoms with Crippen LogP contribution in [0.4, 0.5) is 0 Å². The van der Waals surface area contributed by atoms with E-state index in [9.17, 15) is 0 Å². The second-order valence-electron chi connectivity index (χ2n) is 8.92. The zero-order valence-corrected chi connectivity index (χ0v) is 24.2. The molecule has 38 heavy (non-hydrogen) atoms. The molecule has 0 aromatic heterocycles. The van der Waals surface area contributed by atoms with E-state index in [-0.39, 0.29) is 0 Å². The molecule has 190 valence electrons. The zero-order chi connectivity index (χ0) is 26.0. The van der Waals surface area contributed by atoms with Gasteiger partial charge in [0.2, 0.25) is 0 Å². The molecule has 0 saturated carbocycles. The first-order chi connectivity index (χ1) is 18.8. The number of alkyl halides is 1. The number of hydrogen-bond acceptors (Lipinski definition) is 2. The highest BCUT2D eigenvalue weighted by Gasteiger charge is 2.17. The molecule has 4 heteroatoms. The van der Waals surface area contributed by atoms with Crippen LogP contribution >= 0.6 is 30.5 Å². The van der Waals surface area contributed by atoms with Gasteiger partial charge in [-0.2, -0.15) is 0 Å². The minimum Gasteiger partial charge on any atom is -0.493 e. The molecule has 0 saturated heterocycles. The molecule has 1 aliphatic heterocycles. The summed E-state index contributed by atoms with van der Waals surface area (Å²) < 4.78 is 12.5. The molecular formula is C34H30IO2P. The normalized spacial score (nSPS) is 11.7. The fourth-order valence-electron chi connectivity index (χ4n) is 4.40. The molecule has 0 spiro atoms. The Labute approximate surface area is 240 Å². The van der Waals surface area contributed by atoms with Crippen LogP contribution in [0, 0.1) is 0 Å². The third-order valence-electron chi connectivity index (χ3n) is 6.30. The van der Waals surface area contributed by atoms with E-state index in [0.29, 0.717) is 6.61 Å². The van der Waals surface area contributed by atoms with E-state index in [2.05, 4.69) is 138 Å². The Morgan fingerprint density at radius 3 is 1.66 bits per heavy atom. The van der Waals surface area contributed by atoms with E-state index in [1.807, 2.05) is 18.2 Å². The van der Waals surface area contributed by atoms with Crippen LogP contribution in [0.25, 0.3) is 0 Å². The monoisotopic (exact) mass is 628 g/mol. The predicted octanol–water partition coefficient (Wildman–Crippen LogP) is 7.58. The SMILES string of the molecule is ICc1cc2c(cc1OCc1ccccc1)CCO2.c1ccc(P(c2ccccc2)c2ccccc2)cc1. The van der Waals surface area contributed by atoms with Gasteiger partial charge in [0, 0.05) is 22.0 Å². The Balaban J connectivity index is 0.000000155. The van der Waals surface area contributed by atoms with Crippen LogP contribution < -0.4 is 25.4 Å². The standard InChI is InChI=1S/C18H15P.C16H15IO2/c1-4-10-16(11-5-1)19(17-12-6-2-7-13-17)18-14-8-3-9-15-18;17-10-14-9-15-13(6-7-18-15)8-16(14)19-11-12-4-2-1-3-5-12/h1-15H;1-5,8-9H,6-7,10-11H2. The van der Waals surface area contributed by atoms with Gasteiger partial charge in [-0.05, 0) is 41.5 Å². The molecule has 6 rings (SSSR count). The molecule has 0 aliphatic carbocycles. The molecule has 0 amide bonds. The van der Waals surface area contributed by atoms with Crippen molar-refractivity contribution in [3.63, 3.8) is 0 Å². The average molecular weight is 628 g/mol. The first-order valence-corrected chi connectivity index (χ1v) is 15.6. The third kappa shape index (κ3) is 6.83. The summed E-state index contributed by atoms with van der Waals surface area (Å²) in [6.45, 7) is 1.41. The number of hydrogen-bond donors (Lipinski definition) is 0. The highest BCUT2D eigenvalue weighted by atomic mass is 127. The fraction of sp³-hybridized carbons (Fsp3) is 0.118. The topological polar surface area (TPSA) is 18.5 Å². The maximum absolute atomic E-state index is 5.98. The summed E-state index contributed by atoms with van der Waals surface area (Å²) in [5, 5.41) is 4.19. The smallest absolute Gasteiger partial charge is 0.124 e. The summed E-state index contributed by atoms with van der Waals surface area (Å²) in [5.74, 6) is 2.02. The van der Waals surface area contributed by atoms with Crippen molar-refractivity contribution >= 4 is 46.4 Å². The zero-order valence-electron chi connectivity index (χ0n) is 21.2. The minimum atomic E-state index is -0.446. The Morgan fingerprint density at radius 1 is 0.658 bits per heavy atom. The third-order valence-corrected chi connectivity index (χ3v) is 9.56. The predicted molar refractivity (Wildman–Crippen MR) is 169 cm³/mol. The summed E-state index contributed by atoms with van der Waals surface area (Å²) in [6.07, 6.45) is 0.985. The van der Waals surface area contributed by atoms with Gasteiger partial charge in [-0.25, -0.2) is 0 Å². The lowest BCUT2D eigenvalue weighted by molar-refractivity contribution is 0.303. The Kier molecular flexibility index (Phi) is 9.47. The minimum absolute atomic E-state index is 0.446. The second-order valence-corrected chi connectivity index (χ2v) is 11.9. The van der Waals surface area contributed by atoms with Gasteiger partial charge >= 0.3 is 0 Å². The van der Waals surface area contributed by atoms with Gasteiger partial charge in [0.15, 0.2) is 0 Å². The van der Waals surface area contributed by atoms with E-state index in [1.54, 1.807) is 0 Å². The van der Waals surface area contributed by atoms with E-state index in [4.69, 9.17) is 9.47 Å². The first kappa shape index (κ1) is 26.5. The summed E-state index contributed by atoms with van der Waals surface area (Å²) in [4.78, 5) is 0. The van der Waals surface area contributed by atoms with Gasteiger partial charge in [-0.1, -0.05) is 144 Å². The summed E-state index contributed by atoms with van der Waals surface area (Å²) in [6, 6.07) is 46.8. The summed E-state index contributed by atoms with van der Waals surface area (Å²) in [7, 11) is -0.446. The van der Waals surface area contributed by atoms with E-state index >= 15 is 0 Å². The number of fused-ring (bicyclic) bond motifs is 1. The van der Waals surface area contributed by atoms with E-state index in [0.717, 1.165) is 29.0 Å².